The summed E-state index contributed by atoms with van der Waals surface area (Å²) in [5.41, 5.74) is 0.333. The van der Waals surface area contributed by atoms with Gasteiger partial charge in [-0.25, -0.2) is 13.2 Å². The monoisotopic (exact) mass is 264 g/mol. The van der Waals surface area contributed by atoms with Crippen LogP contribution < -0.4 is 0 Å². The molecule has 0 N–H and O–H groups in total. The summed E-state index contributed by atoms with van der Waals surface area (Å²) in [6, 6.07) is 5.70. The normalized spacial score (nSPS) is 10.6. The average Bonchev–Trinajstić information content (AvgIpc) is 2.36. The Hall–Kier alpha value is -2.10. The number of hydrogen-bond donors (Lipinski definition) is 0. The van der Waals surface area contributed by atoms with Crippen molar-refractivity contribution in [2.45, 2.75) is 13.8 Å². The lowest BCUT2D eigenvalue weighted by Gasteiger charge is -2.06. The highest BCUT2D eigenvalue weighted by molar-refractivity contribution is 6.09. The average molecular weight is 264 g/mol. The molecule has 0 saturated carbocycles. The number of aryl methyl sites for hydroxylation is 2. The van der Waals surface area contributed by atoms with Crippen molar-refractivity contribution in [1.29, 1.82) is 0 Å². The van der Waals surface area contributed by atoms with E-state index < -0.39 is 23.2 Å². The van der Waals surface area contributed by atoms with Crippen LogP contribution in [0.5, 0.6) is 0 Å². The van der Waals surface area contributed by atoms with Crippen LogP contribution in [0.2, 0.25) is 0 Å². The number of carbonyl (C=O) groups excluding carboxylic acids is 1. The molecule has 0 saturated heterocycles. The fraction of sp³-hybridized carbons (Fsp3) is 0.133. The zero-order chi connectivity index (χ0) is 14.2. The molecule has 4 heteroatoms. The maximum absolute atomic E-state index is 13.6. The van der Waals surface area contributed by atoms with E-state index in [1.807, 2.05) is 0 Å². The first-order valence-electron chi connectivity index (χ1n) is 5.66. The van der Waals surface area contributed by atoms with Crippen molar-refractivity contribution in [3.63, 3.8) is 0 Å². The first kappa shape index (κ1) is 13.3. The van der Waals surface area contributed by atoms with E-state index in [4.69, 9.17) is 0 Å². The van der Waals surface area contributed by atoms with Gasteiger partial charge in [-0.15, -0.1) is 0 Å². The van der Waals surface area contributed by atoms with Gasteiger partial charge in [0.05, 0.1) is 5.56 Å². The van der Waals surface area contributed by atoms with Gasteiger partial charge in [0.1, 0.15) is 17.5 Å². The quantitative estimate of drug-likeness (QED) is 0.750. The Kier molecular flexibility index (Phi) is 3.42. The predicted octanol–water partition coefficient (Wildman–Crippen LogP) is 3.95. The Morgan fingerprint density at radius 1 is 0.842 bits per heavy atom. The standard InChI is InChI=1S/C15H11F3O/c1-8-3-4-10(6-12(8)16)15(19)11-5-9(2)13(17)7-14(11)18/h3-7H,1-2H3. The van der Waals surface area contributed by atoms with E-state index >= 15 is 0 Å². The van der Waals surface area contributed by atoms with Crippen LogP contribution in [0.4, 0.5) is 13.2 Å². The number of hydrogen-bond acceptors (Lipinski definition) is 1. The summed E-state index contributed by atoms with van der Waals surface area (Å²) in [5.74, 6) is -2.87. The summed E-state index contributed by atoms with van der Waals surface area (Å²) in [7, 11) is 0. The van der Waals surface area contributed by atoms with E-state index in [9.17, 15) is 18.0 Å². The summed E-state index contributed by atoms with van der Waals surface area (Å²) in [6.07, 6.45) is 0. The van der Waals surface area contributed by atoms with Gasteiger partial charge in [0.15, 0.2) is 5.78 Å². The molecule has 98 valence electrons. The van der Waals surface area contributed by atoms with E-state index in [0.717, 1.165) is 12.1 Å². The molecule has 0 bridgehead atoms. The number of ketones is 1. The van der Waals surface area contributed by atoms with Crippen molar-refractivity contribution in [2.75, 3.05) is 0 Å². The molecule has 0 unspecified atom stereocenters. The third kappa shape index (κ3) is 2.52. The molecule has 0 amide bonds. The van der Waals surface area contributed by atoms with Crippen molar-refractivity contribution in [3.05, 3.63) is 70.0 Å². The van der Waals surface area contributed by atoms with E-state index in [1.165, 1.54) is 19.1 Å². The van der Waals surface area contributed by atoms with Gasteiger partial charge in [-0.2, -0.15) is 0 Å². The summed E-state index contributed by atoms with van der Waals surface area (Å²) >= 11 is 0. The number of benzene rings is 2. The molecule has 0 heterocycles. The van der Waals surface area contributed by atoms with Crippen molar-refractivity contribution < 1.29 is 18.0 Å². The van der Waals surface area contributed by atoms with Crippen LogP contribution in [0.1, 0.15) is 27.0 Å². The molecule has 0 aliphatic rings. The summed E-state index contributed by atoms with van der Waals surface area (Å²) in [4.78, 5) is 12.1. The summed E-state index contributed by atoms with van der Waals surface area (Å²) in [6.45, 7) is 2.99. The topological polar surface area (TPSA) is 17.1 Å². The number of rotatable bonds is 2. The highest BCUT2D eigenvalue weighted by Crippen LogP contribution is 2.19. The van der Waals surface area contributed by atoms with Crippen molar-refractivity contribution in [3.8, 4) is 0 Å². The zero-order valence-electron chi connectivity index (χ0n) is 10.4. The van der Waals surface area contributed by atoms with Gasteiger partial charge >= 0.3 is 0 Å². The first-order chi connectivity index (χ1) is 8.90. The Labute approximate surface area is 108 Å². The van der Waals surface area contributed by atoms with Crippen molar-refractivity contribution in [2.24, 2.45) is 0 Å². The molecule has 0 aliphatic carbocycles. The van der Waals surface area contributed by atoms with Gasteiger partial charge in [-0.05, 0) is 37.1 Å². The van der Waals surface area contributed by atoms with E-state index in [1.54, 1.807) is 6.92 Å². The lowest BCUT2D eigenvalue weighted by Crippen LogP contribution is -2.06. The molecule has 2 aromatic carbocycles. The minimum atomic E-state index is -0.950. The highest BCUT2D eigenvalue weighted by atomic mass is 19.1. The van der Waals surface area contributed by atoms with Gasteiger partial charge in [0.25, 0.3) is 0 Å². The van der Waals surface area contributed by atoms with Crippen LogP contribution in [0, 0.1) is 31.3 Å². The van der Waals surface area contributed by atoms with Crippen LogP contribution in [0.15, 0.2) is 30.3 Å². The second-order valence-corrected chi connectivity index (χ2v) is 4.37. The van der Waals surface area contributed by atoms with Gasteiger partial charge in [-0.1, -0.05) is 12.1 Å². The molecule has 2 aromatic rings. The maximum Gasteiger partial charge on any atom is 0.196 e. The van der Waals surface area contributed by atoms with E-state index in [2.05, 4.69) is 0 Å². The number of carbonyl (C=O) groups is 1. The van der Waals surface area contributed by atoms with Crippen LogP contribution >= 0.6 is 0 Å². The maximum atomic E-state index is 13.6. The largest absolute Gasteiger partial charge is 0.288 e. The van der Waals surface area contributed by atoms with Crippen LogP contribution in [-0.4, -0.2) is 5.78 Å². The Morgan fingerprint density at radius 2 is 1.47 bits per heavy atom. The van der Waals surface area contributed by atoms with Crippen molar-refractivity contribution in [1.82, 2.24) is 0 Å². The molecular weight excluding hydrogens is 253 g/mol. The van der Waals surface area contributed by atoms with Crippen LogP contribution in [0.3, 0.4) is 0 Å². The molecule has 0 aliphatic heterocycles. The molecule has 0 spiro atoms. The van der Waals surface area contributed by atoms with Crippen LogP contribution in [0.25, 0.3) is 0 Å². The number of halogens is 3. The summed E-state index contributed by atoms with van der Waals surface area (Å²) in [5, 5.41) is 0. The second-order valence-electron chi connectivity index (χ2n) is 4.37. The summed E-state index contributed by atoms with van der Waals surface area (Å²) < 4.78 is 40.1. The third-order valence-electron chi connectivity index (χ3n) is 2.93. The molecular formula is C15H11F3O. The lowest BCUT2D eigenvalue weighted by molar-refractivity contribution is 0.103. The fourth-order valence-electron chi connectivity index (χ4n) is 1.72. The Balaban J connectivity index is 2.49. The Morgan fingerprint density at radius 3 is 2.11 bits per heavy atom. The smallest absolute Gasteiger partial charge is 0.196 e. The molecule has 0 radical (unpaired) electrons. The zero-order valence-corrected chi connectivity index (χ0v) is 10.4. The lowest BCUT2D eigenvalue weighted by atomic mass is 10.00. The molecule has 1 nitrogen and oxygen atoms in total. The Bertz CT molecular complexity index is 663. The van der Waals surface area contributed by atoms with E-state index in [-0.39, 0.29) is 16.7 Å². The molecule has 0 atom stereocenters. The minimum Gasteiger partial charge on any atom is -0.288 e. The van der Waals surface area contributed by atoms with Gasteiger partial charge < -0.3 is 0 Å². The SMILES string of the molecule is Cc1ccc(C(=O)c2cc(C)c(F)cc2F)cc1F. The van der Waals surface area contributed by atoms with Gasteiger partial charge in [0, 0.05) is 11.6 Å². The van der Waals surface area contributed by atoms with Gasteiger partial charge in [0.2, 0.25) is 0 Å². The molecule has 0 fully saturated rings. The highest BCUT2D eigenvalue weighted by Gasteiger charge is 2.17. The van der Waals surface area contributed by atoms with Crippen molar-refractivity contribution >= 4 is 5.78 Å². The molecule has 2 rings (SSSR count). The second kappa shape index (κ2) is 4.88. The third-order valence-corrected chi connectivity index (χ3v) is 2.93. The molecule has 19 heavy (non-hydrogen) atoms. The van der Waals surface area contributed by atoms with Gasteiger partial charge in [-0.3, -0.25) is 4.79 Å². The first-order valence-corrected chi connectivity index (χ1v) is 5.66. The van der Waals surface area contributed by atoms with Crippen LogP contribution in [-0.2, 0) is 0 Å². The predicted molar refractivity (Wildman–Crippen MR) is 65.7 cm³/mol. The fourth-order valence-corrected chi connectivity index (χ4v) is 1.72. The van der Waals surface area contributed by atoms with E-state index in [0.29, 0.717) is 11.6 Å². The minimum absolute atomic E-state index is 0.0352. The molecule has 0 aromatic heterocycles.